The average Bonchev–Trinajstić information content (AvgIpc) is 2.71. The maximum atomic E-state index is 11.2. The van der Waals surface area contributed by atoms with Crippen LogP contribution in [0.25, 0.3) is 0 Å². The Balaban J connectivity index is 2.55. The number of aliphatic hydroxyl groups is 1. The molecule has 1 nitrogen and oxygen atoms in total. The molecule has 0 aliphatic heterocycles. The van der Waals surface area contributed by atoms with E-state index in [0.717, 1.165) is 6.42 Å². The SMILES string of the molecule is CCCCCCCC[S+](CCCCCCCC)C(C)(C)C(O)C1C=CC=CC1. The molecule has 0 amide bonds. The average molecular weight is 410 g/mol. The van der Waals surface area contributed by atoms with Crippen LogP contribution in [-0.2, 0) is 10.9 Å². The molecule has 0 aromatic heterocycles. The molecule has 1 aliphatic rings. The van der Waals surface area contributed by atoms with Crippen molar-refractivity contribution in [2.45, 2.75) is 122 Å². The fourth-order valence-corrected chi connectivity index (χ4v) is 7.14. The van der Waals surface area contributed by atoms with Crippen molar-refractivity contribution >= 4 is 10.9 Å². The zero-order valence-corrected chi connectivity index (χ0v) is 20.2. The highest BCUT2D eigenvalue weighted by atomic mass is 32.2. The maximum Gasteiger partial charge on any atom is 0.148 e. The van der Waals surface area contributed by atoms with Gasteiger partial charge in [-0.2, -0.15) is 0 Å². The summed E-state index contributed by atoms with van der Waals surface area (Å²) >= 11 is 0. The molecule has 0 spiro atoms. The molecule has 2 heteroatoms. The number of unbranched alkanes of at least 4 members (excludes halogenated alkanes) is 10. The van der Waals surface area contributed by atoms with Crippen LogP contribution in [0.3, 0.4) is 0 Å². The summed E-state index contributed by atoms with van der Waals surface area (Å²) in [5, 5.41) is 11.2. The monoisotopic (exact) mass is 409 g/mol. The van der Waals surface area contributed by atoms with E-state index in [2.05, 4.69) is 52.0 Å². The van der Waals surface area contributed by atoms with Gasteiger partial charge < -0.3 is 5.11 Å². The fraction of sp³-hybridized carbons (Fsp3) is 0.846. The fourth-order valence-electron chi connectivity index (χ4n) is 4.26. The van der Waals surface area contributed by atoms with Crippen LogP contribution in [0.1, 0.15) is 111 Å². The first-order valence-corrected chi connectivity index (χ1v) is 13.8. The lowest BCUT2D eigenvalue weighted by Gasteiger charge is -2.35. The van der Waals surface area contributed by atoms with Crippen molar-refractivity contribution in [3.63, 3.8) is 0 Å². The second-order valence-corrected chi connectivity index (χ2v) is 12.1. The standard InChI is InChI=1S/C26H49OS/c1-5-7-9-11-13-18-22-28(23-19-14-12-10-8-6-2)26(3,4)25(27)24-20-16-15-17-21-24/h15-17,20,24-25,27H,5-14,18-19,21-23H2,1-4H3/q+1. The van der Waals surface area contributed by atoms with Crippen molar-refractivity contribution in [1.29, 1.82) is 0 Å². The summed E-state index contributed by atoms with van der Waals surface area (Å²) in [5.74, 6) is 2.93. The van der Waals surface area contributed by atoms with E-state index in [4.69, 9.17) is 0 Å². The third kappa shape index (κ3) is 10.0. The van der Waals surface area contributed by atoms with Crippen molar-refractivity contribution in [3.8, 4) is 0 Å². The Morgan fingerprint density at radius 2 is 1.32 bits per heavy atom. The molecule has 0 aromatic rings. The Kier molecular flexibility index (Phi) is 14.4. The van der Waals surface area contributed by atoms with Gasteiger partial charge in [0.25, 0.3) is 0 Å². The zero-order chi connectivity index (χ0) is 20.7. The van der Waals surface area contributed by atoms with Gasteiger partial charge in [0.2, 0.25) is 0 Å². The molecule has 0 saturated carbocycles. The van der Waals surface area contributed by atoms with E-state index < -0.39 is 0 Å². The molecular weight excluding hydrogens is 360 g/mol. The van der Waals surface area contributed by atoms with E-state index in [9.17, 15) is 5.11 Å². The normalized spacial score (nSPS) is 18.1. The first-order chi connectivity index (χ1) is 13.5. The van der Waals surface area contributed by atoms with Crippen LogP contribution in [0.5, 0.6) is 0 Å². The highest BCUT2D eigenvalue weighted by Gasteiger charge is 2.46. The van der Waals surface area contributed by atoms with Gasteiger partial charge in [0.05, 0.1) is 0 Å². The highest BCUT2D eigenvalue weighted by molar-refractivity contribution is 7.98. The van der Waals surface area contributed by atoms with Crippen molar-refractivity contribution < 1.29 is 5.11 Å². The number of aliphatic hydroxyl groups excluding tert-OH is 1. The Morgan fingerprint density at radius 3 is 1.79 bits per heavy atom. The van der Waals surface area contributed by atoms with Crippen LogP contribution in [0, 0.1) is 5.92 Å². The molecule has 0 bridgehead atoms. The molecular formula is C26H49OS+. The Bertz CT molecular complexity index is 410. The summed E-state index contributed by atoms with van der Waals surface area (Å²) in [6.45, 7) is 9.27. The van der Waals surface area contributed by atoms with Gasteiger partial charge in [0.1, 0.15) is 22.4 Å². The van der Waals surface area contributed by atoms with Crippen LogP contribution in [-0.4, -0.2) is 27.5 Å². The minimum Gasteiger partial charge on any atom is -0.387 e. The van der Waals surface area contributed by atoms with Gasteiger partial charge in [-0.25, -0.2) is 0 Å². The highest BCUT2D eigenvalue weighted by Crippen LogP contribution is 2.33. The lowest BCUT2D eigenvalue weighted by Crippen LogP contribution is -2.49. The van der Waals surface area contributed by atoms with Gasteiger partial charge in [-0.3, -0.25) is 0 Å². The lowest BCUT2D eigenvalue weighted by molar-refractivity contribution is 0.0989. The number of hydrogen-bond donors (Lipinski definition) is 1. The summed E-state index contributed by atoms with van der Waals surface area (Å²) in [6.07, 6.45) is 25.9. The largest absolute Gasteiger partial charge is 0.387 e. The van der Waals surface area contributed by atoms with E-state index in [1.807, 2.05) is 0 Å². The van der Waals surface area contributed by atoms with Crippen LogP contribution in [0.2, 0.25) is 0 Å². The van der Waals surface area contributed by atoms with Crippen LogP contribution >= 0.6 is 0 Å². The predicted octanol–water partition coefficient (Wildman–Crippen LogP) is 7.60. The van der Waals surface area contributed by atoms with Gasteiger partial charge in [-0.1, -0.05) is 89.5 Å². The Morgan fingerprint density at radius 1 is 0.821 bits per heavy atom. The Hall–Kier alpha value is -0.210. The molecule has 0 heterocycles. The van der Waals surface area contributed by atoms with Crippen molar-refractivity contribution in [1.82, 2.24) is 0 Å². The third-order valence-electron chi connectivity index (χ3n) is 6.36. The topological polar surface area (TPSA) is 20.2 Å². The smallest absolute Gasteiger partial charge is 0.148 e. The van der Waals surface area contributed by atoms with Gasteiger partial charge in [-0.05, 0) is 56.8 Å². The van der Waals surface area contributed by atoms with Gasteiger partial charge >= 0.3 is 0 Å². The predicted molar refractivity (Wildman–Crippen MR) is 130 cm³/mol. The summed E-state index contributed by atoms with van der Waals surface area (Å²) in [6, 6.07) is 0. The van der Waals surface area contributed by atoms with E-state index in [1.54, 1.807) is 0 Å². The summed E-state index contributed by atoms with van der Waals surface area (Å²) in [7, 11) is 0.311. The van der Waals surface area contributed by atoms with E-state index in [-0.39, 0.29) is 10.9 Å². The van der Waals surface area contributed by atoms with E-state index in [1.165, 1.54) is 88.6 Å². The quantitative estimate of drug-likeness (QED) is 0.194. The molecule has 0 radical (unpaired) electrons. The molecule has 1 rings (SSSR count). The third-order valence-corrected chi connectivity index (χ3v) is 9.66. The van der Waals surface area contributed by atoms with Gasteiger partial charge in [0, 0.05) is 5.92 Å². The maximum absolute atomic E-state index is 11.2. The van der Waals surface area contributed by atoms with E-state index in [0.29, 0.717) is 16.8 Å². The molecule has 2 atom stereocenters. The first kappa shape index (κ1) is 25.8. The van der Waals surface area contributed by atoms with Crippen molar-refractivity contribution in [2.24, 2.45) is 5.92 Å². The number of allylic oxidation sites excluding steroid dienone is 3. The zero-order valence-electron chi connectivity index (χ0n) is 19.4. The molecule has 28 heavy (non-hydrogen) atoms. The molecule has 1 N–H and O–H groups in total. The summed E-state index contributed by atoms with van der Waals surface area (Å²) in [5.41, 5.74) is 0. The van der Waals surface area contributed by atoms with E-state index >= 15 is 0 Å². The van der Waals surface area contributed by atoms with Crippen molar-refractivity contribution in [2.75, 3.05) is 11.5 Å². The second-order valence-electron chi connectivity index (χ2n) is 9.20. The lowest BCUT2D eigenvalue weighted by atomic mass is 9.88. The van der Waals surface area contributed by atoms with Gasteiger partial charge in [-0.15, -0.1) is 0 Å². The number of hydrogen-bond acceptors (Lipinski definition) is 1. The Labute approximate surface area is 179 Å². The molecule has 0 saturated heterocycles. The molecule has 164 valence electrons. The van der Waals surface area contributed by atoms with Crippen LogP contribution in [0.15, 0.2) is 24.3 Å². The summed E-state index contributed by atoms with van der Waals surface area (Å²) < 4.78 is 0.0209. The number of rotatable bonds is 17. The summed E-state index contributed by atoms with van der Waals surface area (Å²) in [4.78, 5) is 0. The minimum atomic E-state index is -0.225. The molecule has 0 fully saturated rings. The van der Waals surface area contributed by atoms with Crippen molar-refractivity contribution in [3.05, 3.63) is 24.3 Å². The molecule has 2 unspecified atom stereocenters. The van der Waals surface area contributed by atoms with Gasteiger partial charge in [0.15, 0.2) is 0 Å². The molecule has 0 aromatic carbocycles. The minimum absolute atomic E-state index is 0.0209. The van der Waals surface area contributed by atoms with Crippen LogP contribution < -0.4 is 0 Å². The first-order valence-electron chi connectivity index (χ1n) is 12.2. The molecule has 1 aliphatic carbocycles. The van der Waals surface area contributed by atoms with Crippen LogP contribution in [0.4, 0.5) is 0 Å². The second kappa shape index (κ2) is 15.6.